The van der Waals surface area contributed by atoms with Crippen LogP contribution in [0.2, 0.25) is 0 Å². The lowest BCUT2D eigenvalue weighted by Gasteiger charge is -2.19. The first-order chi connectivity index (χ1) is 14.7. The molecular weight excluding hydrogens is 378 g/mol. The molecule has 0 spiro atoms. The van der Waals surface area contributed by atoms with Crippen LogP contribution in [0.3, 0.4) is 0 Å². The summed E-state index contributed by atoms with van der Waals surface area (Å²) in [5, 5.41) is 4.17. The number of hydrogen-bond acceptors (Lipinski definition) is 5. The molecule has 0 saturated carbocycles. The van der Waals surface area contributed by atoms with E-state index < -0.39 is 0 Å². The Balaban J connectivity index is 1.46. The van der Waals surface area contributed by atoms with Crippen molar-refractivity contribution in [1.29, 1.82) is 0 Å². The third kappa shape index (κ3) is 4.22. The van der Waals surface area contributed by atoms with Gasteiger partial charge < -0.3 is 14.2 Å². The largest absolute Gasteiger partial charge is 0.494 e. The number of ether oxygens (including phenoxy) is 1. The quantitative estimate of drug-likeness (QED) is 0.494. The molecule has 30 heavy (non-hydrogen) atoms. The predicted octanol–water partition coefficient (Wildman–Crippen LogP) is 5.00. The highest BCUT2D eigenvalue weighted by Gasteiger charge is 2.35. The van der Waals surface area contributed by atoms with E-state index in [0.717, 1.165) is 36.3 Å². The van der Waals surface area contributed by atoms with Gasteiger partial charge in [-0.25, -0.2) is 0 Å². The number of aromatic nitrogens is 2. The molecule has 156 valence electrons. The number of nitrogens with zero attached hydrogens (tertiary/aromatic N) is 3. The van der Waals surface area contributed by atoms with Crippen LogP contribution < -0.4 is 9.64 Å². The second-order valence-corrected chi connectivity index (χ2v) is 7.57. The SMILES string of the molecule is CCCCOc1ccc(-c2nc(C3CC(=O)N(c4ccccc4CC)C3)no2)cc1. The molecular formula is C24H27N3O3. The minimum absolute atomic E-state index is 0.0726. The van der Waals surface area contributed by atoms with Gasteiger partial charge in [-0.15, -0.1) is 0 Å². The van der Waals surface area contributed by atoms with Gasteiger partial charge in [0.1, 0.15) is 5.75 Å². The van der Waals surface area contributed by atoms with Crippen LogP contribution in [0.4, 0.5) is 5.69 Å². The normalized spacial score (nSPS) is 16.3. The van der Waals surface area contributed by atoms with Crippen molar-refractivity contribution in [3.8, 4) is 17.2 Å². The lowest BCUT2D eigenvalue weighted by Crippen LogP contribution is -2.25. The second kappa shape index (κ2) is 9.11. The van der Waals surface area contributed by atoms with E-state index in [0.29, 0.717) is 31.3 Å². The lowest BCUT2D eigenvalue weighted by atomic mass is 10.1. The number of para-hydroxylation sites is 1. The monoisotopic (exact) mass is 405 g/mol. The Hall–Kier alpha value is -3.15. The molecule has 4 rings (SSSR count). The molecule has 6 nitrogen and oxygen atoms in total. The highest BCUT2D eigenvalue weighted by Crippen LogP contribution is 2.33. The van der Waals surface area contributed by atoms with Gasteiger partial charge in [0.2, 0.25) is 5.91 Å². The zero-order valence-electron chi connectivity index (χ0n) is 17.5. The van der Waals surface area contributed by atoms with Gasteiger partial charge in [-0.3, -0.25) is 4.79 Å². The van der Waals surface area contributed by atoms with Gasteiger partial charge in [-0.2, -0.15) is 4.98 Å². The third-order valence-electron chi connectivity index (χ3n) is 5.46. The molecule has 6 heteroatoms. The van der Waals surface area contributed by atoms with Gasteiger partial charge >= 0.3 is 0 Å². The van der Waals surface area contributed by atoms with Crippen molar-refractivity contribution in [2.24, 2.45) is 0 Å². The molecule has 1 unspecified atom stereocenters. The van der Waals surface area contributed by atoms with Crippen molar-refractivity contribution in [3.05, 3.63) is 59.9 Å². The smallest absolute Gasteiger partial charge is 0.257 e. The lowest BCUT2D eigenvalue weighted by molar-refractivity contribution is -0.117. The number of benzene rings is 2. The Bertz CT molecular complexity index is 997. The summed E-state index contributed by atoms with van der Waals surface area (Å²) >= 11 is 0. The van der Waals surface area contributed by atoms with Gasteiger partial charge in [-0.05, 0) is 48.7 Å². The fourth-order valence-corrected chi connectivity index (χ4v) is 3.73. The van der Waals surface area contributed by atoms with E-state index in [1.54, 1.807) is 0 Å². The summed E-state index contributed by atoms with van der Waals surface area (Å²) in [5.74, 6) is 1.90. The highest BCUT2D eigenvalue weighted by atomic mass is 16.5. The molecule has 1 aliphatic rings. The molecule has 1 fully saturated rings. The van der Waals surface area contributed by atoms with Crippen LogP contribution in [-0.2, 0) is 11.2 Å². The highest BCUT2D eigenvalue weighted by molar-refractivity contribution is 5.97. The number of hydrogen-bond donors (Lipinski definition) is 0. The number of anilines is 1. The summed E-state index contributed by atoms with van der Waals surface area (Å²) < 4.78 is 11.2. The van der Waals surface area contributed by atoms with Crippen molar-refractivity contribution >= 4 is 11.6 Å². The predicted molar refractivity (Wildman–Crippen MR) is 116 cm³/mol. The maximum atomic E-state index is 12.7. The van der Waals surface area contributed by atoms with E-state index in [4.69, 9.17) is 9.26 Å². The average molecular weight is 405 g/mol. The van der Waals surface area contributed by atoms with Crippen molar-refractivity contribution in [3.63, 3.8) is 0 Å². The topological polar surface area (TPSA) is 68.5 Å². The summed E-state index contributed by atoms with van der Waals surface area (Å²) in [7, 11) is 0. The summed E-state index contributed by atoms with van der Waals surface area (Å²) in [6.07, 6.45) is 3.42. The third-order valence-corrected chi connectivity index (χ3v) is 5.46. The second-order valence-electron chi connectivity index (χ2n) is 7.57. The first-order valence-electron chi connectivity index (χ1n) is 10.6. The summed E-state index contributed by atoms with van der Waals surface area (Å²) in [5.41, 5.74) is 2.99. The minimum Gasteiger partial charge on any atom is -0.494 e. The molecule has 0 radical (unpaired) electrons. The van der Waals surface area contributed by atoms with Gasteiger partial charge in [0.05, 0.1) is 6.61 Å². The minimum atomic E-state index is -0.0726. The first-order valence-corrected chi connectivity index (χ1v) is 10.6. The molecule has 0 bridgehead atoms. The van der Waals surface area contributed by atoms with Crippen LogP contribution in [0.15, 0.2) is 53.1 Å². The Kier molecular flexibility index (Phi) is 6.12. The van der Waals surface area contributed by atoms with Crippen molar-refractivity contribution < 1.29 is 14.1 Å². The Labute approximate surface area is 176 Å². The Morgan fingerprint density at radius 2 is 1.93 bits per heavy atom. The standard InChI is InChI=1S/C24H27N3O3/c1-3-5-14-29-20-12-10-18(11-13-20)24-25-23(26-30-24)19-15-22(28)27(16-19)21-9-7-6-8-17(21)4-2/h6-13,19H,3-5,14-16H2,1-2H3. The van der Waals surface area contributed by atoms with Gasteiger partial charge in [0.15, 0.2) is 5.82 Å². The number of aryl methyl sites for hydroxylation is 1. The summed E-state index contributed by atoms with van der Waals surface area (Å²) in [6.45, 7) is 5.52. The van der Waals surface area contributed by atoms with E-state index in [-0.39, 0.29) is 11.8 Å². The number of amides is 1. The molecule has 1 atom stereocenters. The van der Waals surface area contributed by atoms with E-state index >= 15 is 0 Å². The first kappa shape index (κ1) is 20.1. The van der Waals surface area contributed by atoms with E-state index in [2.05, 4.69) is 30.1 Å². The van der Waals surface area contributed by atoms with Crippen LogP contribution >= 0.6 is 0 Å². The molecule has 1 aromatic heterocycles. The molecule has 1 amide bonds. The van der Waals surface area contributed by atoms with E-state index in [1.165, 1.54) is 5.56 Å². The number of rotatable bonds is 8. The zero-order valence-corrected chi connectivity index (χ0v) is 17.5. The maximum absolute atomic E-state index is 12.7. The van der Waals surface area contributed by atoms with Crippen molar-refractivity contribution in [2.75, 3.05) is 18.1 Å². The molecule has 1 aliphatic heterocycles. The Morgan fingerprint density at radius 1 is 1.13 bits per heavy atom. The molecule has 3 aromatic rings. The maximum Gasteiger partial charge on any atom is 0.257 e. The molecule has 2 heterocycles. The summed E-state index contributed by atoms with van der Waals surface area (Å²) in [6, 6.07) is 15.7. The molecule has 2 aromatic carbocycles. The van der Waals surface area contributed by atoms with Gasteiger partial charge in [-0.1, -0.05) is 43.6 Å². The molecule has 0 N–H and O–H groups in total. The van der Waals surface area contributed by atoms with Gasteiger partial charge in [0.25, 0.3) is 5.89 Å². The van der Waals surface area contributed by atoms with Crippen LogP contribution in [0.5, 0.6) is 5.75 Å². The van der Waals surface area contributed by atoms with Crippen LogP contribution in [0.1, 0.15) is 50.4 Å². The number of carbonyl (C=O) groups is 1. The van der Waals surface area contributed by atoms with Crippen LogP contribution in [0, 0.1) is 0 Å². The van der Waals surface area contributed by atoms with Crippen LogP contribution in [0.25, 0.3) is 11.5 Å². The zero-order chi connectivity index (χ0) is 20.9. The van der Waals surface area contributed by atoms with Crippen LogP contribution in [-0.4, -0.2) is 29.2 Å². The van der Waals surface area contributed by atoms with Crippen molar-refractivity contribution in [2.45, 2.75) is 45.4 Å². The molecule has 0 aliphatic carbocycles. The number of carbonyl (C=O) groups excluding carboxylic acids is 1. The number of unbranched alkanes of at least 4 members (excludes halogenated alkanes) is 1. The summed E-state index contributed by atoms with van der Waals surface area (Å²) in [4.78, 5) is 19.1. The van der Waals surface area contributed by atoms with E-state index in [9.17, 15) is 4.79 Å². The van der Waals surface area contributed by atoms with E-state index in [1.807, 2.05) is 47.4 Å². The Morgan fingerprint density at radius 3 is 2.70 bits per heavy atom. The fraction of sp³-hybridized carbons (Fsp3) is 0.375. The van der Waals surface area contributed by atoms with Gasteiger partial charge in [0, 0.05) is 30.1 Å². The average Bonchev–Trinajstić information content (AvgIpc) is 3.41. The fourth-order valence-electron chi connectivity index (χ4n) is 3.73. The van der Waals surface area contributed by atoms with Crippen molar-refractivity contribution in [1.82, 2.24) is 10.1 Å². The molecule has 1 saturated heterocycles.